The number of halogens is 1. The van der Waals surface area contributed by atoms with Crippen LogP contribution in [0.4, 0.5) is 4.39 Å². The molecule has 1 aliphatic rings. The summed E-state index contributed by atoms with van der Waals surface area (Å²) in [5, 5.41) is 19.7. The van der Waals surface area contributed by atoms with Crippen molar-refractivity contribution < 1.29 is 13.9 Å². The fourth-order valence-electron chi connectivity index (χ4n) is 4.70. The van der Waals surface area contributed by atoms with Gasteiger partial charge < -0.3 is 15.2 Å². The minimum Gasteiger partial charge on any atom is -0.489 e. The molecule has 0 aliphatic carbocycles. The molecule has 6 rings (SSSR count). The largest absolute Gasteiger partial charge is 0.489 e. The second-order valence-corrected chi connectivity index (χ2v) is 8.76. The maximum atomic E-state index is 14.1. The van der Waals surface area contributed by atoms with Crippen molar-refractivity contribution in [2.45, 2.75) is 12.5 Å². The van der Waals surface area contributed by atoms with Gasteiger partial charge in [-0.1, -0.05) is 66.7 Å². The van der Waals surface area contributed by atoms with Crippen molar-refractivity contribution in [3.63, 3.8) is 0 Å². The Bertz CT molecular complexity index is 1720. The fourth-order valence-corrected chi connectivity index (χ4v) is 4.70. The monoisotopic (exact) mass is 488 g/mol. The molecular formula is C30H21FN4O2. The molecule has 3 N–H and O–H groups in total. The zero-order valence-electron chi connectivity index (χ0n) is 19.6. The smallest absolute Gasteiger partial charge is 0.244 e. The summed E-state index contributed by atoms with van der Waals surface area (Å²) in [4.78, 5) is 0. The Morgan fingerprint density at radius 3 is 2.62 bits per heavy atom. The zero-order valence-corrected chi connectivity index (χ0v) is 19.6. The normalized spacial score (nSPS) is 14.6. The molecule has 0 saturated carbocycles. The van der Waals surface area contributed by atoms with E-state index in [0.717, 1.165) is 27.6 Å². The third kappa shape index (κ3) is 4.05. The van der Waals surface area contributed by atoms with Crippen LogP contribution in [0.2, 0.25) is 0 Å². The molecule has 37 heavy (non-hydrogen) atoms. The topological polar surface area (TPSA) is 97.0 Å². The van der Waals surface area contributed by atoms with E-state index >= 15 is 0 Å². The standard InChI is InChI=1S/C30H21FN4O2/c31-25-11-4-3-8-22(25)17-36-23-10-5-9-20(15-23)26-24(16-32)29(33)37-30-27(26)28(34-35-30)21-13-12-18-6-1-2-7-19(18)14-21/h1-15,26H,17,33H2,(H,34,35). The number of aromatic nitrogens is 2. The first-order valence-corrected chi connectivity index (χ1v) is 11.7. The molecule has 1 atom stereocenters. The van der Waals surface area contributed by atoms with Crippen molar-refractivity contribution in [1.29, 1.82) is 5.26 Å². The van der Waals surface area contributed by atoms with Crippen molar-refractivity contribution in [2.75, 3.05) is 0 Å². The maximum absolute atomic E-state index is 14.1. The third-order valence-electron chi connectivity index (χ3n) is 6.52. The number of nitrogens with zero attached hydrogens (tertiary/aromatic N) is 2. The Morgan fingerprint density at radius 2 is 1.78 bits per heavy atom. The predicted octanol–water partition coefficient (Wildman–Crippen LogP) is 6.17. The number of fused-ring (bicyclic) bond motifs is 2. The summed E-state index contributed by atoms with van der Waals surface area (Å²) >= 11 is 0. The van der Waals surface area contributed by atoms with Gasteiger partial charge >= 0.3 is 0 Å². The molecule has 6 nitrogen and oxygen atoms in total. The molecular weight excluding hydrogens is 467 g/mol. The molecule has 180 valence electrons. The number of hydrogen-bond acceptors (Lipinski definition) is 5. The second-order valence-electron chi connectivity index (χ2n) is 8.76. The number of nitriles is 1. The van der Waals surface area contributed by atoms with E-state index in [2.05, 4.69) is 28.4 Å². The van der Waals surface area contributed by atoms with Crippen LogP contribution in [0.5, 0.6) is 11.6 Å². The average Bonchev–Trinajstić information content (AvgIpc) is 3.35. The summed E-state index contributed by atoms with van der Waals surface area (Å²) in [5.74, 6) is 0.0107. The third-order valence-corrected chi connectivity index (χ3v) is 6.52. The van der Waals surface area contributed by atoms with E-state index in [1.165, 1.54) is 6.07 Å². The highest BCUT2D eigenvalue weighted by molar-refractivity contribution is 5.87. The summed E-state index contributed by atoms with van der Waals surface area (Å²) in [5.41, 5.74) is 10.0. The van der Waals surface area contributed by atoms with Gasteiger partial charge in [-0.15, -0.1) is 5.10 Å². The number of benzene rings is 4. The van der Waals surface area contributed by atoms with E-state index in [1.807, 2.05) is 48.5 Å². The SMILES string of the molecule is N#CC1=C(N)Oc2n[nH]c(-c3ccc4ccccc4c3)c2C1c1cccc(OCc2ccccc2F)c1. The van der Waals surface area contributed by atoms with Crippen molar-refractivity contribution in [3.8, 4) is 29.0 Å². The zero-order chi connectivity index (χ0) is 25.4. The molecule has 5 aromatic rings. The molecule has 0 radical (unpaired) electrons. The number of aromatic amines is 1. The number of rotatable bonds is 5. The first kappa shape index (κ1) is 22.4. The van der Waals surface area contributed by atoms with Crippen LogP contribution in [0.25, 0.3) is 22.0 Å². The highest BCUT2D eigenvalue weighted by Gasteiger charge is 2.35. The van der Waals surface area contributed by atoms with Gasteiger partial charge in [0.15, 0.2) is 0 Å². The van der Waals surface area contributed by atoms with Crippen LogP contribution in [0.1, 0.15) is 22.6 Å². The summed E-state index contributed by atoms with van der Waals surface area (Å²) < 4.78 is 25.7. The van der Waals surface area contributed by atoms with E-state index < -0.39 is 5.92 Å². The Balaban J connectivity index is 1.42. The van der Waals surface area contributed by atoms with Crippen LogP contribution < -0.4 is 15.2 Å². The minimum atomic E-state index is -0.536. The molecule has 1 unspecified atom stereocenters. The first-order valence-electron chi connectivity index (χ1n) is 11.7. The van der Waals surface area contributed by atoms with Gasteiger partial charge in [-0.3, -0.25) is 5.10 Å². The molecule has 0 fully saturated rings. The molecule has 0 amide bonds. The lowest BCUT2D eigenvalue weighted by molar-refractivity contribution is 0.299. The molecule has 0 bridgehead atoms. The van der Waals surface area contributed by atoms with Crippen LogP contribution in [0.15, 0.2) is 102 Å². The number of allylic oxidation sites excluding steroid dienone is 1. The molecule has 4 aromatic carbocycles. The number of nitrogens with two attached hydrogens (primary N) is 1. The Hall–Kier alpha value is -5.09. The lowest BCUT2D eigenvalue weighted by Crippen LogP contribution is -2.21. The van der Waals surface area contributed by atoms with Gasteiger partial charge in [0.25, 0.3) is 0 Å². The molecule has 0 spiro atoms. The van der Waals surface area contributed by atoms with Crippen LogP contribution in [-0.2, 0) is 6.61 Å². The summed E-state index contributed by atoms with van der Waals surface area (Å²) in [6.45, 7) is 0.0757. The Kier molecular flexibility index (Phi) is 5.55. The first-order chi connectivity index (χ1) is 18.1. The number of H-pyrrole nitrogens is 1. The lowest BCUT2D eigenvalue weighted by atomic mass is 9.83. The van der Waals surface area contributed by atoms with Gasteiger partial charge in [-0.05, 0) is 40.6 Å². The summed E-state index contributed by atoms with van der Waals surface area (Å²) in [7, 11) is 0. The van der Waals surface area contributed by atoms with Gasteiger partial charge in [0, 0.05) is 11.1 Å². The van der Waals surface area contributed by atoms with Crippen LogP contribution in [-0.4, -0.2) is 10.2 Å². The van der Waals surface area contributed by atoms with E-state index in [4.69, 9.17) is 15.2 Å². The van der Waals surface area contributed by atoms with Crippen LogP contribution in [0, 0.1) is 17.1 Å². The van der Waals surface area contributed by atoms with Gasteiger partial charge in [-0.25, -0.2) is 4.39 Å². The van der Waals surface area contributed by atoms with Crippen molar-refractivity contribution >= 4 is 10.8 Å². The van der Waals surface area contributed by atoms with Gasteiger partial charge in [0.2, 0.25) is 11.8 Å². The molecule has 0 saturated heterocycles. The van der Waals surface area contributed by atoms with Crippen molar-refractivity contribution in [1.82, 2.24) is 10.2 Å². The highest BCUT2D eigenvalue weighted by Crippen LogP contribution is 2.46. The van der Waals surface area contributed by atoms with Gasteiger partial charge in [0.05, 0.1) is 17.2 Å². The second kappa shape index (κ2) is 9.17. The molecule has 1 aromatic heterocycles. The van der Waals surface area contributed by atoms with Crippen molar-refractivity contribution in [2.24, 2.45) is 5.73 Å². The maximum Gasteiger partial charge on any atom is 0.244 e. The molecule has 7 heteroatoms. The number of hydrogen-bond donors (Lipinski definition) is 2. The Labute approximate surface area is 212 Å². The van der Waals surface area contributed by atoms with E-state index in [9.17, 15) is 9.65 Å². The van der Waals surface area contributed by atoms with Gasteiger partial charge in [-0.2, -0.15) is 5.26 Å². The molecule has 1 aliphatic heterocycles. The molecule has 2 heterocycles. The summed E-state index contributed by atoms with van der Waals surface area (Å²) in [6.07, 6.45) is 0. The van der Waals surface area contributed by atoms with Crippen LogP contribution in [0.3, 0.4) is 0 Å². The van der Waals surface area contributed by atoms with Crippen molar-refractivity contribution in [3.05, 3.63) is 125 Å². The van der Waals surface area contributed by atoms with Crippen LogP contribution >= 0.6 is 0 Å². The fraction of sp³-hybridized carbons (Fsp3) is 0.0667. The van der Waals surface area contributed by atoms with E-state index in [1.54, 1.807) is 24.3 Å². The Morgan fingerprint density at radius 1 is 0.973 bits per heavy atom. The number of ether oxygens (including phenoxy) is 2. The lowest BCUT2D eigenvalue weighted by Gasteiger charge is -2.24. The quantitative estimate of drug-likeness (QED) is 0.309. The number of nitrogens with one attached hydrogen (secondary N) is 1. The predicted molar refractivity (Wildman–Crippen MR) is 138 cm³/mol. The minimum absolute atomic E-state index is 0.00856. The highest BCUT2D eigenvalue weighted by atomic mass is 19.1. The average molecular weight is 489 g/mol. The van der Waals surface area contributed by atoms with E-state index in [0.29, 0.717) is 22.8 Å². The summed E-state index contributed by atoms with van der Waals surface area (Å²) in [6, 6.07) is 30.3. The van der Waals surface area contributed by atoms with Gasteiger partial charge in [0.1, 0.15) is 29.8 Å². The van der Waals surface area contributed by atoms with E-state index in [-0.39, 0.29) is 23.9 Å².